The Labute approximate surface area is 76.9 Å². The summed E-state index contributed by atoms with van der Waals surface area (Å²) in [6.45, 7) is 9.44. The van der Waals surface area contributed by atoms with Crippen molar-refractivity contribution >= 4 is 0 Å². The third-order valence-electron chi connectivity index (χ3n) is 3.17. The first kappa shape index (κ1) is 10.0. The fourth-order valence-corrected chi connectivity index (χ4v) is 1.33. The highest BCUT2D eigenvalue weighted by molar-refractivity contribution is 4.90. The van der Waals surface area contributed by atoms with Gasteiger partial charge in [-0.3, -0.25) is 0 Å². The Balaban J connectivity index is 1.89. The fraction of sp³-hybridized carbons (Fsp3) is 1.00. The molecule has 1 atom stereocenters. The summed E-state index contributed by atoms with van der Waals surface area (Å²) in [6.07, 6.45) is 5.53. The maximum absolute atomic E-state index is 3.55. The van der Waals surface area contributed by atoms with Gasteiger partial charge in [0.15, 0.2) is 0 Å². The predicted molar refractivity (Wildman–Crippen MR) is 54.3 cm³/mol. The summed E-state index contributed by atoms with van der Waals surface area (Å²) in [5, 5.41) is 3.55. The van der Waals surface area contributed by atoms with E-state index in [9.17, 15) is 0 Å². The molecule has 0 amide bonds. The number of nitrogens with one attached hydrogen (secondary N) is 1. The lowest BCUT2D eigenvalue weighted by atomic mass is 10.1. The molecule has 0 aromatic carbocycles. The van der Waals surface area contributed by atoms with Crippen molar-refractivity contribution in [3.63, 3.8) is 0 Å². The van der Waals surface area contributed by atoms with Gasteiger partial charge in [0.1, 0.15) is 0 Å². The van der Waals surface area contributed by atoms with Crippen molar-refractivity contribution in [1.82, 2.24) is 5.32 Å². The van der Waals surface area contributed by atoms with Crippen LogP contribution in [-0.4, -0.2) is 13.1 Å². The molecule has 0 spiro atoms. The summed E-state index contributed by atoms with van der Waals surface area (Å²) >= 11 is 0. The van der Waals surface area contributed by atoms with Crippen molar-refractivity contribution in [3.8, 4) is 0 Å². The molecule has 0 aromatic heterocycles. The van der Waals surface area contributed by atoms with E-state index < -0.39 is 0 Å². The first-order chi connectivity index (χ1) is 5.66. The monoisotopic (exact) mass is 169 g/mol. The van der Waals surface area contributed by atoms with Crippen LogP contribution in [0.5, 0.6) is 0 Å². The van der Waals surface area contributed by atoms with E-state index in [0.717, 1.165) is 5.92 Å². The van der Waals surface area contributed by atoms with Crippen LogP contribution in [0.1, 0.15) is 46.5 Å². The molecular weight excluding hydrogens is 146 g/mol. The number of rotatable bonds is 6. The Bertz CT molecular complexity index is 127. The quantitative estimate of drug-likeness (QED) is 0.603. The van der Waals surface area contributed by atoms with Crippen LogP contribution in [0.2, 0.25) is 0 Å². The molecule has 0 radical (unpaired) electrons. The fourth-order valence-electron chi connectivity index (χ4n) is 1.33. The predicted octanol–water partition coefficient (Wildman–Crippen LogP) is 2.81. The SMILES string of the molecule is CCC(C)CCNCC1(C)CC1. The Kier molecular flexibility index (Phi) is 3.57. The van der Waals surface area contributed by atoms with Crippen molar-refractivity contribution in [2.45, 2.75) is 46.5 Å². The minimum Gasteiger partial charge on any atom is -0.316 e. The highest BCUT2D eigenvalue weighted by Gasteiger charge is 2.36. The van der Waals surface area contributed by atoms with Gasteiger partial charge >= 0.3 is 0 Å². The smallest absolute Gasteiger partial charge is 0.000517 e. The van der Waals surface area contributed by atoms with E-state index in [-0.39, 0.29) is 0 Å². The van der Waals surface area contributed by atoms with Crippen molar-refractivity contribution in [2.24, 2.45) is 11.3 Å². The van der Waals surface area contributed by atoms with Gasteiger partial charge in [0.2, 0.25) is 0 Å². The third kappa shape index (κ3) is 3.57. The van der Waals surface area contributed by atoms with Crippen LogP contribution in [0.25, 0.3) is 0 Å². The lowest BCUT2D eigenvalue weighted by molar-refractivity contribution is 0.447. The average Bonchev–Trinajstić information content (AvgIpc) is 2.78. The van der Waals surface area contributed by atoms with E-state index in [4.69, 9.17) is 0 Å². The van der Waals surface area contributed by atoms with E-state index in [0.29, 0.717) is 5.41 Å². The molecule has 0 aromatic rings. The zero-order valence-electron chi connectivity index (χ0n) is 8.82. The Morgan fingerprint density at radius 2 is 2.08 bits per heavy atom. The normalized spacial score (nSPS) is 22.2. The molecular formula is C11H23N. The number of hydrogen-bond acceptors (Lipinski definition) is 1. The summed E-state index contributed by atoms with van der Waals surface area (Å²) < 4.78 is 0. The van der Waals surface area contributed by atoms with Gasteiger partial charge < -0.3 is 5.32 Å². The minimum absolute atomic E-state index is 0.676. The van der Waals surface area contributed by atoms with Crippen molar-refractivity contribution in [2.75, 3.05) is 13.1 Å². The molecule has 1 aliphatic carbocycles. The van der Waals surface area contributed by atoms with Crippen LogP contribution in [0.4, 0.5) is 0 Å². The van der Waals surface area contributed by atoms with Crippen LogP contribution >= 0.6 is 0 Å². The Morgan fingerprint density at radius 1 is 1.42 bits per heavy atom. The lowest BCUT2D eigenvalue weighted by Gasteiger charge is -2.12. The van der Waals surface area contributed by atoms with Crippen LogP contribution in [-0.2, 0) is 0 Å². The molecule has 1 rings (SSSR count). The zero-order chi connectivity index (χ0) is 9.03. The maximum Gasteiger partial charge on any atom is 0.000517 e. The third-order valence-corrected chi connectivity index (χ3v) is 3.17. The van der Waals surface area contributed by atoms with E-state index in [1.807, 2.05) is 0 Å². The van der Waals surface area contributed by atoms with Gasteiger partial charge in [0.05, 0.1) is 0 Å². The minimum atomic E-state index is 0.676. The van der Waals surface area contributed by atoms with Gasteiger partial charge in [-0.2, -0.15) is 0 Å². The molecule has 0 saturated heterocycles. The molecule has 0 heterocycles. The standard InChI is InChI=1S/C11H23N/c1-4-10(2)5-8-12-9-11(3)6-7-11/h10,12H,4-9H2,1-3H3. The van der Waals surface area contributed by atoms with Crippen LogP contribution in [0.3, 0.4) is 0 Å². The van der Waals surface area contributed by atoms with Crippen LogP contribution in [0, 0.1) is 11.3 Å². The van der Waals surface area contributed by atoms with E-state index in [2.05, 4.69) is 26.1 Å². The van der Waals surface area contributed by atoms with Gasteiger partial charge in [-0.1, -0.05) is 27.2 Å². The Hall–Kier alpha value is -0.0400. The van der Waals surface area contributed by atoms with E-state index >= 15 is 0 Å². The van der Waals surface area contributed by atoms with Gasteiger partial charge in [-0.15, -0.1) is 0 Å². The highest BCUT2D eigenvalue weighted by atomic mass is 14.9. The van der Waals surface area contributed by atoms with Gasteiger partial charge in [0, 0.05) is 6.54 Å². The summed E-state index contributed by atoms with van der Waals surface area (Å²) in [6, 6.07) is 0. The van der Waals surface area contributed by atoms with Crippen molar-refractivity contribution in [1.29, 1.82) is 0 Å². The maximum atomic E-state index is 3.55. The topological polar surface area (TPSA) is 12.0 Å². The second-order valence-corrected chi connectivity index (χ2v) is 4.79. The molecule has 1 fully saturated rings. The van der Waals surface area contributed by atoms with Gasteiger partial charge in [-0.25, -0.2) is 0 Å². The molecule has 1 N–H and O–H groups in total. The van der Waals surface area contributed by atoms with Crippen LogP contribution in [0.15, 0.2) is 0 Å². The molecule has 1 nitrogen and oxygen atoms in total. The molecule has 1 unspecified atom stereocenters. The second kappa shape index (κ2) is 4.27. The zero-order valence-corrected chi connectivity index (χ0v) is 8.82. The first-order valence-corrected chi connectivity index (χ1v) is 5.37. The van der Waals surface area contributed by atoms with Crippen LogP contribution < -0.4 is 5.32 Å². The second-order valence-electron chi connectivity index (χ2n) is 4.79. The summed E-state index contributed by atoms with van der Waals surface area (Å²) in [5.41, 5.74) is 0.676. The Morgan fingerprint density at radius 3 is 2.58 bits per heavy atom. The highest BCUT2D eigenvalue weighted by Crippen LogP contribution is 2.43. The summed E-state index contributed by atoms with van der Waals surface area (Å²) in [5.74, 6) is 0.893. The average molecular weight is 169 g/mol. The van der Waals surface area contributed by atoms with Crippen molar-refractivity contribution in [3.05, 3.63) is 0 Å². The molecule has 72 valence electrons. The first-order valence-electron chi connectivity index (χ1n) is 5.37. The van der Waals surface area contributed by atoms with E-state index in [1.54, 1.807) is 0 Å². The molecule has 0 aliphatic heterocycles. The molecule has 12 heavy (non-hydrogen) atoms. The summed E-state index contributed by atoms with van der Waals surface area (Å²) in [7, 11) is 0. The molecule has 1 aliphatic rings. The molecule has 0 bridgehead atoms. The van der Waals surface area contributed by atoms with E-state index in [1.165, 1.54) is 38.8 Å². The van der Waals surface area contributed by atoms with Crippen molar-refractivity contribution < 1.29 is 0 Å². The number of hydrogen-bond donors (Lipinski definition) is 1. The van der Waals surface area contributed by atoms with Gasteiger partial charge in [-0.05, 0) is 37.1 Å². The largest absolute Gasteiger partial charge is 0.316 e. The summed E-state index contributed by atoms with van der Waals surface area (Å²) in [4.78, 5) is 0. The molecule has 1 heteroatoms. The van der Waals surface area contributed by atoms with Gasteiger partial charge in [0.25, 0.3) is 0 Å². The molecule has 1 saturated carbocycles. The lowest BCUT2D eigenvalue weighted by Crippen LogP contribution is -2.24.